The number of hydrogen-bond acceptors (Lipinski definition) is 5. The van der Waals surface area contributed by atoms with Gasteiger partial charge in [0.1, 0.15) is 6.29 Å². The summed E-state index contributed by atoms with van der Waals surface area (Å²) in [4.78, 5) is 33.2. The van der Waals surface area contributed by atoms with Gasteiger partial charge in [-0.2, -0.15) is 0 Å². The van der Waals surface area contributed by atoms with Crippen molar-refractivity contribution in [2.45, 2.75) is 13.8 Å². The molecule has 0 aliphatic carbocycles. The number of esters is 2. The molecule has 5 nitrogen and oxygen atoms in total. The molecule has 0 atom stereocenters. The third kappa shape index (κ3) is 2.55. The predicted octanol–water partition coefficient (Wildman–Crippen LogP) is 0.174. The molecule has 14 heavy (non-hydrogen) atoms. The molecule has 0 radical (unpaired) electrons. The quantitative estimate of drug-likeness (QED) is 0.369. The molecule has 0 bridgehead atoms. The van der Waals surface area contributed by atoms with Crippen LogP contribution in [0.15, 0.2) is 0 Å². The fourth-order valence-electron chi connectivity index (χ4n) is 1.01. The molecule has 0 unspecified atom stereocenters. The van der Waals surface area contributed by atoms with E-state index in [1.807, 2.05) is 0 Å². The summed E-state index contributed by atoms with van der Waals surface area (Å²) in [6.07, 6.45) is 0.533. The predicted molar refractivity (Wildman–Crippen MR) is 47.4 cm³/mol. The van der Waals surface area contributed by atoms with Crippen LogP contribution in [0, 0.1) is 11.3 Å². The van der Waals surface area contributed by atoms with Crippen molar-refractivity contribution >= 4 is 18.2 Å². The van der Waals surface area contributed by atoms with Gasteiger partial charge in [-0.15, -0.1) is 0 Å². The lowest BCUT2D eigenvalue weighted by molar-refractivity contribution is -0.165. The molecule has 0 aliphatic rings. The Morgan fingerprint density at radius 1 is 1.14 bits per heavy atom. The number of carbonyl (C=O) groups is 3. The Hall–Kier alpha value is -1.39. The van der Waals surface area contributed by atoms with Crippen molar-refractivity contribution in [1.29, 1.82) is 0 Å². The highest BCUT2D eigenvalue weighted by Gasteiger charge is 2.42. The summed E-state index contributed by atoms with van der Waals surface area (Å²) in [6, 6.07) is 0. The smallest absolute Gasteiger partial charge is 0.321 e. The van der Waals surface area contributed by atoms with Crippen LogP contribution in [0.4, 0.5) is 0 Å². The largest absolute Gasteiger partial charge is 0.468 e. The minimum atomic E-state index is -1.21. The van der Waals surface area contributed by atoms with Gasteiger partial charge in [-0.05, 0) is 0 Å². The Kier molecular flexibility index (Phi) is 4.27. The summed E-state index contributed by atoms with van der Waals surface area (Å²) in [7, 11) is 2.30. The Balaban J connectivity index is 5.00. The van der Waals surface area contributed by atoms with Gasteiger partial charge >= 0.3 is 11.9 Å². The molecule has 0 N–H and O–H groups in total. The highest BCUT2D eigenvalue weighted by atomic mass is 16.5. The minimum absolute atomic E-state index is 0.533. The second-order valence-electron chi connectivity index (χ2n) is 3.42. The number of ether oxygens (including phenoxy) is 2. The van der Waals surface area contributed by atoms with E-state index in [0.717, 1.165) is 14.2 Å². The average Bonchev–Trinajstić information content (AvgIpc) is 2.17. The first-order chi connectivity index (χ1) is 6.40. The van der Waals surface area contributed by atoms with Crippen LogP contribution >= 0.6 is 0 Å². The number of methoxy groups -OCH3 is 2. The van der Waals surface area contributed by atoms with Crippen molar-refractivity contribution in [2.24, 2.45) is 11.3 Å². The fourth-order valence-corrected chi connectivity index (χ4v) is 1.01. The first-order valence-corrected chi connectivity index (χ1v) is 4.02. The van der Waals surface area contributed by atoms with E-state index in [1.54, 1.807) is 0 Å². The van der Waals surface area contributed by atoms with E-state index in [9.17, 15) is 14.4 Å². The lowest BCUT2D eigenvalue weighted by Gasteiger charge is -2.24. The lowest BCUT2D eigenvalue weighted by atomic mass is 9.80. The molecule has 0 aliphatic heterocycles. The van der Waals surface area contributed by atoms with Crippen LogP contribution in [0.1, 0.15) is 13.8 Å². The molecule has 0 amide bonds. The van der Waals surface area contributed by atoms with E-state index in [-0.39, 0.29) is 0 Å². The SMILES string of the molecule is COC(=O)C(C(=O)OC)C(C)(C)C=O. The fraction of sp³-hybridized carbons (Fsp3) is 0.667. The van der Waals surface area contributed by atoms with Gasteiger partial charge in [-0.3, -0.25) is 9.59 Å². The summed E-state index contributed by atoms with van der Waals surface area (Å²) in [5.41, 5.74) is -1.12. The molecule has 80 valence electrons. The average molecular weight is 202 g/mol. The van der Waals surface area contributed by atoms with Gasteiger partial charge < -0.3 is 14.3 Å². The molecule has 5 heteroatoms. The molecule has 0 aromatic rings. The molecule has 0 saturated heterocycles. The van der Waals surface area contributed by atoms with Gasteiger partial charge in [-0.25, -0.2) is 0 Å². The van der Waals surface area contributed by atoms with Crippen molar-refractivity contribution in [2.75, 3.05) is 14.2 Å². The van der Waals surface area contributed by atoms with Gasteiger partial charge in [0.25, 0.3) is 0 Å². The summed E-state index contributed by atoms with van der Waals surface area (Å²) in [5, 5.41) is 0. The third-order valence-corrected chi connectivity index (χ3v) is 1.92. The molecule has 0 spiro atoms. The van der Waals surface area contributed by atoms with Crippen LogP contribution in [-0.2, 0) is 23.9 Å². The summed E-state index contributed by atoms with van der Waals surface area (Å²) in [5.74, 6) is -2.75. The van der Waals surface area contributed by atoms with Crippen molar-refractivity contribution < 1.29 is 23.9 Å². The van der Waals surface area contributed by atoms with Crippen molar-refractivity contribution in [3.05, 3.63) is 0 Å². The second kappa shape index (κ2) is 4.74. The Morgan fingerprint density at radius 3 is 1.71 bits per heavy atom. The van der Waals surface area contributed by atoms with Gasteiger partial charge in [0.15, 0.2) is 5.92 Å². The highest BCUT2D eigenvalue weighted by Crippen LogP contribution is 2.26. The van der Waals surface area contributed by atoms with E-state index >= 15 is 0 Å². The molecular formula is C9H14O5. The maximum absolute atomic E-state index is 11.2. The molecule has 0 fully saturated rings. The van der Waals surface area contributed by atoms with Gasteiger partial charge in [0, 0.05) is 5.41 Å². The van der Waals surface area contributed by atoms with Gasteiger partial charge in [0.05, 0.1) is 14.2 Å². The standard InChI is InChI=1S/C9H14O5/c1-9(2,5-10)6(7(11)13-3)8(12)14-4/h5-6H,1-4H3. The van der Waals surface area contributed by atoms with Crippen LogP contribution in [0.2, 0.25) is 0 Å². The Morgan fingerprint density at radius 2 is 1.50 bits per heavy atom. The van der Waals surface area contributed by atoms with E-state index in [0.29, 0.717) is 6.29 Å². The van der Waals surface area contributed by atoms with Crippen molar-refractivity contribution in [3.8, 4) is 0 Å². The number of hydrogen-bond donors (Lipinski definition) is 0. The monoisotopic (exact) mass is 202 g/mol. The maximum Gasteiger partial charge on any atom is 0.321 e. The van der Waals surface area contributed by atoms with Crippen LogP contribution < -0.4 is 0 Å². The molecule has 0 aromatic heterocycles. The van der Waals surface area contributed by atoms with Crippen LogP contribution in [0.25, 0.3) is 0 Å². The van der Waals surface area contributed by atoms with Crippen LogP contribution in [0.3, 0.4) is 0 Å². The molecule has 0 rings (SSSR count). The van der Waals surface area contributed by atoms with E-state index in [2.05, 4.69) is 9.47 Å². The third-order valence-electron chi connectivity index (χ3n) is 1.92. The van der Waals surface area contributed by atoms with Crippen LogP contribution in [-0.4, -0.2) is 32.4 Å². The summed E-state index contributed by atoms with van der Waals surface area (Å²) in [6.45, 7) is 2.94. The molecular weight excluding hydrogens is 188 g/mol. The summed E-state index contributed by atoms with van der Waals surface area (Å²) < 4.78 is 8.85. The van der Waals surface area contributed by atoms with E-state index in [4.69, 9.17) is 0 Å². The topological polar surface area (TPSA) is 69.7 Å². The number of carbonyl (C=O) groups excluding carboxylic acids is 3. The normalized spacial score (nSPS) is 10.9. The first-order valence-electron chi connectivity index (χ1n) is 4.02. The lowest BCUT2D eigenvalue weighted by Crippen LogP contribution is -2.39. The van der Waals surface area contributed by atoms with Gasteiger partial charge in [-0.1, -0.05) is 13.8 Å². The second-order valence-corrected chi connectivity index (χ2v) is 3.42. The van der Waals surface area contributed by atoms with Crippen molar-refractivity contribution in [1.82, 2.24) is 0 Å². The molecule has 0 saturated carbocycles. The van der Waals surface area contributed by atoms with Gasteiger partial charge in [0.2, 0.25) is 0 Å². The highest BCUT2D eigenvalue weighted by molar-refractivity contribution is 5.98. The maximum atomic E-state index is 11.2. The zero-order valence-electron chi connectivity index (χ0n) is 8.70. The van der Waals surface area contributed by atoms with E-state index < -0.39 is 23.3 Å². The Bertz CT molecular complexity index is 228. The zero-order valence-corrected chi connectivity index (χ0v) is 8.70. The number of aldehydes is 1. The van der Waals surface area contributed by atoms with Crippen molar-refractivity contribution in [3.63, 3.8) is 0 Å². The first kappa shape index (κ1) is 12.6. The molecule has 0 aromatic carbocycles. The van der Waals surface area contributed by atoms with E-state index in [1.165, 1.54) is 13.8 Å². The van der Waals surface area contributed by atoms with Crippen LogP contribution in [0.5, 0.6) is 0 Å². The zero-order chi connectivity index (χ0) is 11.4. The summed E-state index contributed by atoms with van der Waals surface area (Å²) >= 11 is 0. The Labute approximate surface area is 82.4 Å². The molecule has 0 heterocycles. The minimum Gasteiger partial charge on any atom is -0.468 e. The number of rotatable bonds is 4.